The van der Waals surface area contributed by atoms with E-state index >= 15 is 0 Å². The van der Waals surface area contributed by atoms with Crippen molar-refractivity contribution in [3.05, 3.63) is 41.8 Å². The van der Waals surface area contributed by atoms with Gasteiger partial charge in [-0.25, -0.2) is 9.97 Å². The number of methoxy groups -OCH3 is 2. The Kier molecular flexibility index (Phi) is 5.20. The number of fused-ring (bicyclic) bond motifs is 1. The van der Waals surface area contributed by atoms with Crippen molar-refractivity contribution in [1.82, 2.24) is 9.97 Å². The summed E-state index contributed by atoms with van der Waals surface area (Å²) in [5.74, 6) is 1.53. The molecular weight excluding hydrogens is 398 g/mol. The van der Waals surface area contributed by atoms with Crippen molar-refractivity contribution in [2.45, 2.75) is 4.90 Å². The molecule has 0 saturated carbocycles. The summed E-state index contributed by atoms with van der Waals surface area (Å²) in [4.78, 5) is 10.6. The van der Waals surface area contributed by atoms with E-state index in [2.05, 4.69) is 29.8 Å². The SMILES string of the molecule is COc1ccc(OC)c(-c2csc(Nc3nc4c(SC)cccc4s3)n2)c1. The highest BCUT2D eigenvalue weighted by molar-refractivity contribution is 7.98. The number of rotatable bonds is 6. The number of para-hydroxylation sites is 1. The zero-order valence-corrected chi connectivity index (χ0v) is 17.4. The Labute approximate surface area is 169 Å². The van der Waals surface area contributed by atoms with Crippen LogP contribution in [0.3, 0.4) is 0 Å². The highest BCUT2D eigenvalue weighted by atomic mass is 32.2. The highest BCUT2D eigenvalue weighted by Gasteiger charge is 2.13. The number of benzene rings is 2. The maximum Gasteiger partial charge on any atom is 0.190 e. The monoisotopic (exact) mass is 415 g/mol. The topological polar surface area (TPSA) is 56.3 Å². The molecule has 5 nitrogen and oxygen atoms in total. The molecule has 0 aliphatic heterocycles. The van der Waals surface area contributed by atoms with Gasteiger partial charge in [-0.05, 0) is 36.6 Å². The van der Waals surface area contributed by atoms with E-state index in [1.165, 1.54) is 16.2 Å². The third kappa shape index (κ3) is 3.60. The molecule has 138 valence electrons. The third-order valence-electron chi connectivity index (χ3n) is 4.00. The van der Waals surface area contributed by atoms with Gasteiger partial charge < -0.3 is 14.8 Å². The Bertz CT molecular complexity index is 1090. The normalized spacial score (nSPS) is 10.9. The van der Waals surface area contributed by atoms with E-state index in [1.54, 1.807) is 37.3 Å². The second kappa shape index (κ2) is 7.75. The molecular formula is C19H17N3O2S3. The highest BCUT2D eigenvalue weighted by Crippen LogP contribution is 2.37. The largest absolute Gasteiger partial charge is 0.497 e. The van der Waals surface area contributed by atoms with Gasteiger partial charge in [0.1, 0.15) is 11.5 Å². The van der Waals surface area contributed by atoms with Crippen molar-refractivity contribution in [1.29, 1.82) is 0 Å². The van der Waals surface area contributed by atoms with Crippen molar-refractivity contribution < 1.29 is 9.47 Å². The lowest BCUT2D eigenvalue weighted by molar-refractivity contribution is 0.404. The van der Waals surface area contributed by atoms with Crippen LogP contribution in [0.2, 0.25) is 0 Å². The van der Waals surface area contributed by atoms with Gasteiger partial charge in [0.2, 0.25) is 0 Å². The van der Waals surface area contributed by atoms with Crippen molar-refractivity contribution >= 4 is 54.9 Å². The van der Waals surface area contributed by atoms with Crippen molar-refractivity contribution in [3.8, 4) is 22.8 Å². The number of hydrogen-bond acceptors (Lipinski definition) is 8. The summed E-state index contributed by atoms with van der Waals surface area (Å²) >= 11 is 4.87. The average molecular weight is 416 g/mol. The fraction of sp³-hybridized carbons (Fsp3) is 0.158. The van der Waals surface area contributed by atoms with Gasteiger partial charge in [0.15, 0.2) is 10.3 Å². The molecule has 4 aromatic rings. The van der Waals surface area contributed by atoms with E-state index in [0.29, 0.717) is 0 Å². The summed E-state index contributed by atoms with van der Waals surface area (Å²) < 4.78 is 12.0. The van der Waals surface area contributed by atoms with Crippen LogP contribution in [0.25, 0.3) is 21.5 Å². The molecule has 0 amide bonds. The van der Waals surface area contributed by atoms with Crippen LogP contribution in [0.15, 0.2) is 46.7 Å². The van der Waals surface area contributed by atoms with Crippen molar-refractivity contribution in [2.24, 2.45) is 0 Å². The van der Waals surface area contributed by atoms with Crippen LogP contribution < -0.4 is 14.8 Å². The smallest absolute Gasteiger partial charge is 0.190 e. The summed E-state index contributed by atoms with van der Waals surface area (Å²) in [5.41, 5.74) is 2.77. The third-order valence-corrected chi connectivity index (χ3v) is 6.47. The van der Waals surface area contributed by atoms with Crippen molar-refractivity contribution in [2.75, 3.05) is 25.8 Å². The summed E-state index contributed by atoms with van der Waals surface area (Å²) in [6.45, 7) is 0. The van der Waals surface area contributed by atoms with Gasteiger partial charge in [-0.15, -0.1) is 23.1 Å². The molecule has 0 aliphatic carbocycles. The predicted molar refractivity (Wildman–Crippen MR) is 115 cm³/mol. The molecule has 0 spiro atoms. The summed E-state index contributed by atoms with van der Waals surface area (Å²) in [6.07, 6.45) is 2.07. The summed E-state index contributed by atoms with van der Waals surface area (Å²) in [7, 11) is 3.30. The molecule has 2 aromatic carbocycles. The first-order chi connectivity index (χ1) is 13.2. The number of nitrogens with zero attached hydrogens (tertiary/aromatic N) is 2. The van der Waals surface area contributed by atoms with E-state index < -0.39 is 0 Å². The number of hydrogen-bond donors (Lipinski definition) is 1. The zero-order valence-electron chi connectivity index (χ0n) is 15.0. The zero-order chi connectivity index (χ0) is 18.8. The van der Waals surface area contributed by atoms with Gasteiger partial charge in [-0.2, -0.15) is 0 Å². The number of ether oxygens (including phenoxy) is 2. The van der Waals surface area contributed by atoms with Crippen LogP contribution in [0.1, 0.15) is 0 Å². The molecule has 4 rings (SSSR count). The Balaban J connectivity index is 1.64. The maximum absolute atomic E-state index is 5.47. The Hall–Kier alpha value is -2.29. The first kappa shape index (κ1) is 18.1. The van der Waals surface area contributed by atoms with Gasteiger partial charge >= 0.3 is 0 Å². The molecule has 0 bridgehead atoms. The molecule has 0 unspecified atom stereocenters. The number of anilines is 2. The van der Waals surface area contributed by atoms with Crippen LogP contribution in [-0.4, -0.2) is 30.4 Å². The average Bonchev–Trinajstić information content (AvgIpc) is 3.33. The number of thiazole rings is 2. The number of thioether (sulfide) groups is 1. The van der Waals surface area contributed by atoms with E-state index in [-0.39, 0.29) is 0 Å². The van der Waals surface area contributed by atoms with Crippen molar-refractivity contribution in [3.63, 3.8) is 0 Å². The molecule has 2 heterocycles. The molecule has 0 radical (unpaired) electrons. The molecule has 1 N–H and O–H groups in total. The maximum atomic E-state index is 5.47. The lowest BCUT2D eigenvalue weighted by Gasteiger charge is -2.08. The minimum atomic E-state index is 0.761. The minimum absolute atomic E-state index is 0.761. The van der Waals surface area contributed by atoms with E-state index in [9.17, 15) is 0 Å². The van der Waals surface area contributed by atoms with E-state index in [4.69, 9.17) is 19.4 Å². The van der Waals surface area contributed by atoms with Crippen LogP contribution in [0.5, 0.6) is 11.5 Å². The van der Waals surface area contributed by atoms with Crippen LogP contribution in [-0.2, 0) is 0 Å². The molecule has 0 saturated heterocycles. The molecule has 0 aliphatic rings. The van der Waals surface area contributed by atoms with Crippen LogP contribution >= 0.6 is 34.4 Å². The second-order valence-electron chi connectivity index (χ2n) is 5.56. The first-order valence-electron chi connectivity index (χ1n) is 8.10. The summed E-state index contributed by atoms with van der Waals surface area (Å²) in [5, 5.41) is 6.96. The summed E-state index contributed by atoms with van der Waals surface area (Å²) in [6, 6.07) is 11.9. The Morgan fingerprint density at radius 1 is 1.04 bits per heavy atom. The van der Waals surface area contributed by atoms with Crippen LogP contribution in [0.4, 0.5) is 10.3 Å². The second-order valence-corrected chi connectivity index (χ2v) is 8.29. The first-order valence-corrected chi connectivity index (χ1v) is 11.0. The van der Waals surface area contributed by atoms with E-state index in [1.807, 2.05) is 23.6 Å². The quantitative estimate of drug-likeness (QED) is 0.396. The lowest BCUT2D eigenvalue weighted by atomic mass is 10.1. The number of aromatic nitrogens is 2. The Morgan fingerprint density at radius 3 is 2.70 bits per heavy atom. The Morgan fingerprint density at radius 2 is 1.93 bits per heavy atom. The molecule has 0 fully saturated rings. The molecule has 2 aromatic heterocycles. The van der Waals surface area contributed by atoms with Gasteiger partial charge in [0.25, 0.3) is 0 Å². The predicted octanol–water partition coefficient (Wildman–Crippen LogP) is 5.90. The fourth-order valence-corrected chi connectivity index (χ4v) is 5.00. The number of nitrogens with one attached hydrogen (secondary N) is 1. The fourth-order valence-electron chi connectivity index (χ4n) is 2.70. The van der Waals surface area contributed by atoms with E-state index in [0.717, 1.165) is 43.2 Å². The molecule has 27 heavy (non-hydrogen) atoms. The van der Waals surface area contributed by atoms with Gasteiger partial charge in [-0.3, -0.25) is 0 Å². The molecule has 0 atom stereocenters. The van der Waals surface area contributed by atoms with Gasteiger partial charge in [0, 0.05) is 15.8 Å². The molecule has 8 heteroatoms. The van der Waals surface area contributed by atoms with Crippen LogP contribution in [0, 0.1) is 0 Å². The van der Waals surface area contributed by atoms with Gasteiger partial charge in [0.05, 0.1) is 30.1 Å². The lowest BCUT2D eigenvalue weighted by Crippen LogP contribution is -1.92. The standard InChI is InChI=1S/C19H17N3O2S3/c1-23-11-7-8-14(24-2)12(9-11)13-10-26-18(20-13)22-19-21-17-15(25-3)5-4-6-16(17)27-19/h4-10H,1-3H3,(H,20,21,22). The van der Waals surface area contributed by atoms with Gasteiger partial charge in [-0.1, -0.05) is 17.4 Å². The minimum Gasteiger partial charge on any atom is -0.497 e.